The molecular weight excluding hydrogens is 224 g/mol. The summed E-state index contributed by atoms with van der Waals surface area (Å²) in [4.78, 5) is 15.5. The fraction of sp³-hybridized carbons (Fsp3) is 0.818. The van der Waals surface area contributed by atoms with Crippen LogP contribution < -0.4 is 0 Å². The summed E-state index contributed by atoms with van der Waals surface area (Å²) in [7, 11) is 0. The summed E-state index contributed by atoms with van der Waals surface area (Å²) < 4.78 is 0. The number of nitrogens with zero attached hydrogens (tertiary/aromatic N) is 2. The summed E-state index contributed by atoms with van der Waals surface area (Å²) in [5.74, 6) is -0.666. The van der Waals surface area contributed by atoms with Crippen LogP contribution in [0.25, 0.3) is 0 Å². The molecule has 2 atom stereocenters. The van der Waals surface area contributed by atoms with E-state index in [0.29, 0.717) is 6.04 Å². The van der Waals surface area contributed by atoms with Gasteiger partial charge < -0.3 is 10.0 Å². The van der Waals surface area contributed by atoms with Crippen molar-refractivity contribution in [2.75, 3.05) is 19.6 Å². The van der Waals surface area contributed by atoms with Crippen LogP contribution in [0.5, 0.6) is 0 Å². The van der Waals surface area contributed by atoms with Gasteiger partial charge in [-0.15, -0.1) is 0 Å². The molecule has 1 N–H and O–H groups in total. The Morgan fingerprint density at radius 3 is 2.75 bits per heavy atom. The molecule has 2 saturated heterocycles. The van der Waals surface area contributed by atoms with Gasteiger partial charge in [0.1, 0.15) is 6.04 Å². The third kappa shape index (κ3) is 2.35. The number of thiocarbonyl (C=S) groups is 1. The van der Waals surface area contributed by atoms with Crippen LogP contribution in [0.4, 0.5) is 0 Å². The molecule has 0 bridgehead atoms. The molecule has 0 amide bonds. The van der Waals surface area contributed by atoms with Gasteiger partial charge in [0.25, 0.3) is 0 Å². The zero-order valence-electron chi connectivity index (χ0n) is 9.34. The number of hydrogen-bond acceptors (Lipinski definition) is 3. The van der Waals surface area contributed by atoms with Crippen LogP contribution in [-0.4, -0.2) is 58.1 Å². The first-order valence-corrected chi connectivity index (χ1v) is 6.37. The highest BCUT2D eigenvalue weighted by Crippen LogP contribution is 2.24. The van der Waals surface area contributed by atoms with Gasteiger partial charge in [-0.1, -0.05) is 18.6 Å². The Kier molecular flexibility index (Phi) is 3.76. The fourth-order valence-corrected chi connectivity index (χ4v) is 2.98. The Bertz CT molecular complexity index is 285. The average molecular weight is 242 g/mol. The van der Waals surface area contributed by atoms with Crippen LogP contribution in [0, 0.1) is 0 Å². The number of carboxylic acid groups (broad SMARTS) is 1. The lowest BCUT2D eigenvalue weighted by Gasteiger charge is -2.37. The van der Waals surface area contributed by atoms with E-state index >= 15 is 0 Å². The van der Waals surface area contributed by atoms with E-state index in [9.17, 15) is 9.90 Å². The van der Waals surface area contributed by atoms with E-state index in [1.165, 1.54) is 0 Å². The van der Waals surface area contributed by atoms with Crippen LogP contribution in [0.1, 0.15) is 25.7 Å². The predicted octanol–water partition coefficient (Wildman–Crippen LogP) is 0.957. The van der Waals surface area contributed by atoms with E-state index in [-0.39, 0.29) is 6.04 Å². The van der Waals surface area contributed by atoms with Gasteiger partial charge in [0.15, 0.2) is 0 Å². The molecule has 16 heavy (non-hydrogen) atoms. The van der Waals surface area contributed by atoms with Gasteiger partial charge in [-0.3, -0.25) is 9.69 Å². The van der Waals surface area contributed by atoms with Crippen molar-refractivity contribution in [1.29, 1.82) is 0 Å². The molecule has 2 heterocycles. The third-order valence-corrected chi connectivity index (χ3v) is 3.94. The molecule has 0 aromatic carbocycles. The average Bonchev–Trinajstić information content (AvgIpc) is 2.77. The van der Waals surface area contributed by atoms with Crippen LogP contribution in [0.3, 0.4) is 0 Å². The van der Waals surface area contributed by atoms with Gasteiger partial charge in [0.05, 0.1) is 5.49 Å². The van der Waals surface area contributed by atoms with Crippen molar-refractivity contribution in [2.24, 2.45) is 0 Å². The standard InChI is InChI=1S/C11H18N2O2S/c14-11(15)10-3-1-2-5-13(10)9-4-6-12(7-9)8-16/h8-10H,1-7H2,(H,14,15). The van der Waals surface area contributed by atoms with E-state index in [1.807, 2.05) is 0 Å². The Hall–Kier alpha value is -0.680. The normalized spacial score (nSPS) is 31.6. The lowest BCUT2D eigenvalue weighted by Crippen LogP contribution is -2.50. The molecule has 0 aromatic heterocycles. The van der Waals surface area contributed by atoms with Gasteiger partial charge in [-0.2, -0.15) is 0 Å². The zero-order chi connectivity index (χ0) is 11.5. The second-order valence-corrected chi connectivity index (χ2v) is 4.84. The van der Waals surface area contributed by atoms with Crippen LogP contribution in [-0.2, 0) is 4.79 Å². The summed E-state index contributed by atoms with van der Waals surface area (Å²) in [6.07, 6.45) is 4.00. The number of rotatable bonds is 3. The molecule has 2 unspecified atom stereocenters. The number of likely N-dealkylation sites (tertiary alicyclic amines) is 2. The number of aliphatic carboxylic acids is 1. The Labute approximate surface area is 101 Å². The molecule has 2 aliphatic rings. The van der Waals surface area contributed by atoms with E-state index in [0.717, 1.165) is 45.3 Å². The molecule has 5 heteroatoms. The highest BCUT2D eigenvalue weighted by Gasteiger charge is 2.36. The first-order valence-electron chi connectivity index (χ1n) is 5.90. The van der Waals surface area contributed by atoms with Crippen molar-refractivity contribution in [2.45, 2.75) is 37.8 Å². The molecule has 2 aliphatic heterocycles. The summed E-state index contributed by atoms with van der Waals surface area (Å²) in [6, 6.07) is 0.101. The van der Waals surface area contributed by atoms with Crippen molar-refractivity contribution < 1.29 is 9.90 Å². The first kappa shape index (κ1) is 11.8. The lowest BCUT2D eigenvalue weighted by atomic mass is 9.99. The quantitative estimate of drug-likeness (QED) is 0.747. The smallest absolute Gasteiger partial charge is 0.320 e. The molecule has 90 valence electrons. The molecule has 4 nitrogen and oxygen atoms in total. The largest absolute Gasteiger partial charge is 0.480 e. The van der Waals surface area contributed by atoms with Crippen molar-refractivity contribution >= 4 is 23.7 Å². The Morgan fingerprint density at radius 1 is 1.31 bits per heavy atom. The molecule has 0 saturated carbocycles. The third-order valence-electron chi connectivity index (χ3n) is 3.64. The summed E-state index contributed by atoms with van der Waals surface area (Å²) in [5.41, 5.74) is 1.69. The topological polar surface area (TPSA) is 43.8 Å². The summed E-state index contributed by atoms with van der Waals surface area (Å²) in [6.45, 7) is 2.79. The molecular formula is C11H18N2O2S. The Morgan fingerprint density at radius 2 is 2.12 bits per heavy atom. The number of piperidine rings is 1. The minimum Gasteiger partial charge on any atom is -0.480 e. The Balaban J connectivity index is 2.00. The lowest BCUT2D eigenvalue weighted by molar-refractivity contribution is -0.145. The van der Waals surface area contributed by atoms with Crippen molar-refractivity contribution in [1.82, 2.24) is 9.80 Å². The number of carboxylic acids is 1. The summed E-state index contributed by atoms with van der Waals surface area (Å²) in [5, 5.41) is 9.21. The molecule has 2 rings (SSSR count). The van der Waals surface area contributed by atoms with Crippen LogP contribution in [0.15, 0.2) is 0 Å². The SMILES string of the molecule is O=C(O)C1CCCCN1C1CCN(C=S)C1. The van der Waals surface area contributed by atoms with E-state index in [4.69, 9.17) is 12.2 Å². The number of carbonyl (C=O) groups is 1. The minimum absolute atomic E-state index is 0.274. The van der Waals surface area contributed by atoms with Crippen molar-refractivity contribution in [3.8, 4) is 0 Å². The van der Waals surface area contributed by atoms with Crippen LogP contribution in [0.2, 0.25) is 0 Å². The predicted molar refractivity (Wildman–Crippen MR) is 65.6 cm³/mol. The monoisotopic (exact) mass is 242 g/mol. The number of hydrogen-bond donors (Lipinski definition) is 1. The molecule has 0 aromatic rings. The molecule has 0 spiro atoms. The molecule has 0 radical (unpaired) electrons. The second-order valence-electron chi connectivity index (χ2n) is 4.63. The van der Waals surface area contributed by atoms with Gasteiger partial charge in [0.2, 0.25) is 0 Å². The van der Waals surface area contributed by atoms with E-state index in [1.54, 1.807) is 5.49 Å². The maximum atomic E-state index is 11.2. The minimum atomic E-state index is -0.666. The first-order chi connectivity index (χ1) is 7.72. The van der Waals surface area contributed by atoms with Gasteiger partial charge in [-0.25, -0.2) is 0 Å². The van der Waals surface area contributed by atoms with Crippen LogP contribution >= 0.6 is 12.2 Å². The summed E-state index contributed by atoms with van der Waals surface area (Å²) >= 11 is 4.91. The highest BCUT2D eigenvalue weighted by atomic mass is 32.1. The van der Waals surface area contributed by atoms with E-state index < -0.39 is 5.97 Å². The van der Waals surface area contributed by atoms with Gasteiger partial charge in [0, 0.05) is 19.1 Å². The van der Waals surface area contributed by atoms with Crippen molar-refractivity contribution in [3.63, 3.8) is 0 Å². The van der Waals surface area contributed by atoms with E-state index in [2.05, 4.69) is 9.80 Å². The second kappa shape index (κ2) is 5.10. The maximum Gasteiger partial charge on any atom is 0.320 e. The van der Waals surface area contributed by atoms with Crippen molar-refractivity contribution in [3.05, 3.63) is 0 Å². The molecule has 2 fully saturated rings. The zero-order valence-corrected chi connectivity index (χ0v) is 10.2. The molecule has 0 aliphatic carbocycles. The highest BCUT2D eigenvalue weighted by molar-refractivity contribution is 7.78. The van der Waals surface area contributed by atoms with Gasteiger partial charge in [-0.05, 0) is 25.8 Å². The maximum absolute atomic E-state index is 11.2. The van der Waals surface area contributed by atoms with Gasteiger partial charge >= 0.3 is 5.97 Å². The fourth-order valence-electron chi connectivity index (χ4n) is 2.79.